The molecule has 1 heterocycles. The molecule has 88 valence electrons. The van der Waals surface area contributed by atoms with Gasteiger partial charge >= 0.3 is 0 Å². The smallest absolute Gasteiger partial charge is 0.124 e. The van der Waals surface area contributed by atoms with Crippen molar-refractivity contribution in [1.82, 2.24) is 4.90 Å². The van der Waals surface area contributed by atoms with Gasteiger partial charge in [0.1, 0.15) is 6.29 Å². The average molecular weight is 228 g/mol. The zero-order valence-corrected chi connectivity index (χ0v) is 9.80. The van der Waals surface area contributed by atoms with E-state index in [0.717, 1.165) is 44.3 Å². The number of nitriles is 1. The number of rotatable bonds is 3. The van der Waals surface area contributed by atoms with Crippen LogP contribution in [0.3, 0.4) is 0 Å². The number of carbonyl (C=O) groups excluding carboxylic acids is 1. The molecule has 0 aromatic heterocycles. The van der Waals surface area contributed by atoms with E-state index < -0.39 is 0 Å². The lowest BCUT2D eigenvalue weighted by Crippen LogP contribution is -2.35. The summed E-state index contributed by atoms with van der Waals surface area (Å²) in [4.78, 5) is 13.1. The minimum atomic E-state index is 0.183. The molecule has 1 atom stereocenters. The third-order valence-corrected chi connectivity index (χ3v) is 3.20. The largest absolute Gasteiger partial charge is 0.303 e. The van der Waals surface area contributed by atoms with Gasteiger partial charge in [0.05, 0.1) is 11.6 Å². The zero-order chi connectivity index (χ0) is 12.1. The Kier molecular flexibility index (Phi) is 3.89. The fourth-order valence-electron chi connectivity index (χ4n) is 2.34. The number of piperidine rings is 1. The number of likely N-dealkylation sites (tertiary alicyclic amines) is 1. The molecular weight excluding hydrogens is 212 g/mol. The molecule has 1 fully saturated rings. The van der Waals surface area contributed by atoms with Crippen molar-refractivity contribution in [3.8, 4) is 6.07 Å². The molecule has 17 heavy (non-hydrogen) atoms. The highest BCUT2D eigenvalue weighted by atomic mass is 16.1. The first-order valence-electron chi connectivity index (χ1n) is 5.98. The number of nitrogens with zero attached hydrogens (tertiary/aromatic N) is 2. The van der Waals surface area contributed by atoms with Crippen LogP contribution in [0.25, 0.3) is 0 Å². The van der Waals surface area contributed by atoms with Crippen LogP contribution >= 0.6 is 0 Å². The van der Waals surface area contributed by atoms with Crippen molar-refractivity contribution in [3.05, 3.63) is 35.4 Å². The summed E-state index contributed by atoms with van der Waals surface area (Å²) in [6.07, 6.45) is 3.16. The zero-order valence-electron chi connectivity index (χ0n) is 9.80. The Morgan fingerprint density at radius 2 is 2.41 bits per heavy atom. The number of carbonyl (C=O) groups is 1. The highest BCUT2D eigenvalue weighted by Crippen LogP contribution is 2.17. The standard InChI is InChI=1S/C14H16N2O/c15-8-12-3-1-4-13(7-12)9-16-6-2-5-14(10-16)11-17/h1,3-4,7,11,14H,2,5-6,9-10H2. The molecule has 0 spiro atoms. The summed E-state index contributed by atoms with van der Waals surface area (Å²) in [5.74, 6) is 0.183. The number of benzene rings is 1. The molecule has 3 nitrogen and oxygen atoms in total. The van der Waals surface area contributed by atoms with Gasteiger partial charge in [0.2, 0.25) is 0 Å². The normalized spacial score (nSPS) is 20.8. The number of aldehydes is 1. The molecule has 0 N–H and O–H groups in total. The second kappa shape index (κ2) is 5.60. The van der Waals surface area contributed by atoms with Crippen LogP contribution in [-0.4, -0.2) is 24.3 Å². The maximum absolute atomic E-state index is 10.8. The van der Waals surface area contributed by atoms with Crippen molar-refractivity contribution in [2.24, 2.45) is 5.92 Å². The van der Waals surface area contributed by atoms with Gasteiger partial charge in [0.25, 0.3) is 0 Å². The quantitative estimate of drug-likeness (QED) is 0.743. The first kappa shape index (κ1) is 11.8. The second-order valence-electron chi connectivity index (χ2n) is 4.59. The van der Waals surface area contributed by atoms with Crippen LogP contribution in [0.5, 0.6) is 0 Å². The Bertz CT molecular complexity index is 436. The summed E-state index contributed by atoms with van der Waals surface area (Å²) in [6, 6.07) is 9.83. The minimum absolute atomic E-state index is 0.183. The summed E-state index contributed by atoms with van der Waals surface area (Å²) >= 11 is 0. The average Bonchev–Trinajstić information content (AvgIpc) is 2.39. The molecule has 3 heteroatoms. The van der Waals surface area contributed by atoms with Crippen molar-refractivity contribution in [2.75, 3.05) is 13.1 Å². The number of hydrogen-bond acceptors (Lipinski definition) is 3. The molecule has 0 aliphatic carbocycles. The lowest BCUT2D eigenvalue weighted by Gasteiger charge is -2.30. The predicted octanol–water partition coefficient (Wildman–Crippen LogP) is 1.97. The van der Waals surface area contributed by atoms with Crippen molar-refractivity contribution < 1.29 is 4.79 Å². The molecule has 1 aromatic carbocycles. The van der Waals surface area contributed by atoms with Gasteiger partial charge in [-0.15, -0.1) is 0 Å². The molecule has 2 rings (SSSR count). The van der Waals surface area contributed by atoms with E-state index in [4.69, 9.17) is 5.26 Å². The lowest BCUT2D eigenvalue weighted by atomic mass is 9.99. The van der Waals surface area contributed by atoms with Crippen molar-refractivity contribution in [2.45, 2.75) is 19.4 Å². The van der Waals surface area contributed by atoms with E-state index in [0.29, 0.717) is 5.56 Å². The van der Waals surface area contributed by atoms with Crippen molar-refractivity contribution in [3.63, 3.8) is 0 Å². The molecule has 1 aliphatic heterocycles. The molecule has 0 saturated carbocycles. The van der Waals surface area contributed by atoms with Crippen LogP contribution in [0.2, 0.25) is 0 Å². The van der Waals surface area contributed by atoms with Gasteiger partial charge in [-0.05, 0) is 37.1 Å². The van der Waals surface area contributed by atoms with Gasteiger partial charge in [-0.2, -0.15) is 5.26 Å². The van der Waals surface area contributed by atoms with E-state index in [1.54, 1.807) is 0 Å². The van der Waals surface area contributed by atoms with E-state index >= 15 is 0 Å². The van der Waals surface area contributed by atoms with Crippen LogP contribution in [0.15, 0.2) is 24.3 Å². The fourth-order valence-corrected chi connectivity index (χ4v) is 2.34. The van der Waals surface area contributed by atoms with Crippen molar-refractivity contribution in [1.29, 1.82) is 5.26 Å². The van der Waals surface area contributed by atoms with Gasteiger partial charge in [-0.1, -0.05) is 12.1 Å². The van der Waals surface area contributed by atoms with Gasteiger partial charge < -0.3 is 4.79 Å². The van der Waals surface area contributed by atoms with Gasteiger partial charge in [0.15, 0.2) is 0 Å². The van der Waals surface area contributed by atoms with Crippen LogP contribution in [0.1, 0.15) is 24.0 Å². The first-order chi connectivity index (χ1) is 8.31. The second-order valence-corrected chi connectivity index (χ2v) is 4.59. The molecular formula is C14H16N2O. The molecule has 0 radical (unpaired) electrons. The van der Waals surface area contributed by atoms with Crippen LogP contribution in [0.4, 0.5) is 0 Å². The fraction of sp³-hybridized carbons (Fsp3) is 0.429. The van der Waals surface area contributed by atoms with Crippen LogP contribution < -0.4 is 0 Å². The summed E-state index contributed by atoms with van der Waals surface area (Å²) in [6.45, 7) is 2.72. The van der Waals surface area contributed by atoms with Gasteiger partial charge in [-0.3, -0.25) is 4.90 Å². The van der Waals surface area contributed by atoms with E-state index in [1.807, 2.05) is 24.3 Å². The Balaban J connectivity index is 2.00. The SMILES string of the molecule is N#Cc1cccc(CN2CCCC(C=O)C2)c1. The maximum Gasteiger partial charge on any atom is 0.124 e. The first-order valence-corrected chi connectivity index (χ1v) is 5.98. The summed E-state index contributed by atoms with van der Waals surface area (Å²) in [7, 11) is 0. The Labute approximate surface area is 102 Å². The molecule has 1 unspecified atom stereocenters. The molecule has 1 saturated heterocycles. The highest BCUT2D eigenvalue weighted by molar-refractivity contribution is 5.53. The minimum Gasteiger partial charge on any atom is -0.303 e. The predicted molar refractivity (Wildman–Crippen MR) is 65.2 cm³/mol. The molecule has 1 aromatic rings. The summed E-state index contributed by atoms with van der Waals surface area (Å²) < 4.78 is 0. The topological polar surface area (TPSA) is 44.1 Å². The van der Waals surface area contributed by atoms with Gasteiger partial charge in [-0.25, -0.2) is 0 Å². The molecule has 0 bridgehead atoms. The third-order valence-electron chi connectivity index (χ3n) is 3.20. The van der Waals surface area contributed by atoms with Crippen LogP contribution in [-0.2, 0) is 11.3 Å². The van der Waals surface area contributed by atoms with E-state index in [2.05, 4.69) is 11.0 Å². The van der Waals surface area contributed by atoms with Gasteiger partial charge in [0, 0.05) is 19.0 Å². The Hall–Kier alpha value is -1.66. The Morgan fingerprint density at radius 1 is 1.53 bits per heavy atom. The van der Waals surface area contributed by atoms with E-state index in [-0.39, 0.29) is 5.92 Å². The highest BCUT2D eigenvalue weighted by Gasteiger charge is 2.19. The van der Waals surface area contributed by atoms with Crippen molar-refractivity contribution >= 4 is 6.29 Å². The van der Waals surface area contributed by atoms with E-state index in [1.165, 1.54) is 0 Å². The molecule has 0 amide bonds. The van der Waals surface area contributed by atoms with E-state index in [9.17, 15) is 4.79 Å². The third kappa shape index (κ3) is 3.15. The summed E-state index contributed by atoms with van der Waals surface area (Å²) in [5, 5.41) is 8.84. The number of hydrogen-bond donors (Lipinski definition) is 0. The van der Waals surface area contributed by atoms with Crippen LogP contribution in [0, 0.1) is 17.2 Å². The maximum atomic E-state index is 10.8. The molecule has 1 aliphatic rings. The Morgan fingerprint density at radius 3 is 3.18 bits per heavy atom. The monoisotopic (exact) mass is 228 g/mol. The lowest BCUT2D eigenvalue weighted by molar-refractivity contribution is -0.112. The summed E-state index contributed by atoms with van der Waals surface area (Å²) in [5.41, 5.74) is 1.85.